The Morgan fingerprint density at radius 2 is 2.11 bits per heavy atom. The molecule has 0 spiro atoms. The summed E-state index contributed by atoms with van der Waals surface area (Å²) in [5.41, 5.74) is 1.90. The molecular formula is C14H19NO4. The third-order valence-corrected chi connectivity index (χ3v) is 3.75. The number of amides is 1. The van der Waals surface area contributed by atoms with Gasteiger partial charge in [0.1, 0.15) is 11.2 Å². The molecule has 1 aliphatic rings. The Balaban J connectivity index is 2.20. The van der Waals surface area contributed by atoms with Crippen molar-refractivity contribution >= 4 is 11.6 Å². The van der Waals surface area contributed by atoms with Crippen molar-refractivity contribution in [3.8, 4) is 5.75 Å². The first kappa shape index (κ1) is 13.8. The molecule has 5 nitrogen and oxygen atoms in total. The monoisotopic (exact) mass is 265 g/mol. The number of hydrogen-bond donors (Lipinski definition) is 2. The maximum Gasteiger partial charge on any atom is 0.237 e. The van der Waals surface area contributed by atoms with Crippen LogP contribution in [0.1, 0.15) is 11.1 Å². The van der Waals surface area contributed by atoms with Gasteiger partial charge in [-0.2, -0.15) is 0 Å². The van der Waals surface area contributed by atoms with Crippen molar-refractivity contribution in [2.45, 2.75) is 13.8 Å². The van der Waals surface area contributed by atoms with Crippen LogP contribution >= 0.6 is 0 Å². The van der Waals surface area contributed by atoms with Crippen LogP contribution in [0, 0.1) is 19.3 Å². The molecule has 19 heavy (non-hydrogen) atoms. The van der Waals surface area contributed by atoms with Crippen molar-refractivity contribution in [1.82, 2.24) is 0 Å². The van der Waals surface area contributed by atoms with E-state index in [1.807, 2.05) is 26.0 Å². The zero-order chi connectivity index (χ0) is 14.0. The molecule has 0 atom stereocenters. The van der Waals surface area contributed by atoms with E-state index in [4.69, 9.17) is 9.47 Å². The van der Waals surface area contributed by atoms with E-state index in [9.17, 15) is 9.90 Å². The third-order valence-electron chi connectivity index (χ3n) is 3.75. The third kappa shape index (κ3) is 2.31. The number of rotatable bonds is 4. The summed E-state index contributed by atoms with van der Waals surface area (Å²) in [5.74, 6) is 0.591. The summed E-state index contributed by atoms with van der Waals surface area (Å²) in [5, 5.41) is 12.2. The van der Waals surface area contributed by atoms with Crippen LogP contribution in [0.5, 0.6) is 5.75 Å². The van der Waals surface area contributed by atoms with Crippen LogP contribution < -0.4 is 10.1 Å². The van der Waals surface area contributed by atoms with Gasteiger partial charge >= 0.3 is 0 Å². The molecule has 2 rings (SSSR count). The normalized spacial score (nSPS) is 16.6. The predicted octanol–water partition coefficient (Wildman–Crippen LogP) is 1.26. The fourth-order valence-corrected chi connectivity index (χ4v) is 2.05. The molecule has 1 aromatic carbocycles. The first-order valence-corrected chi connectivity index (χ1v) is 6.18. The highest BCUT2D eigenvalue weighted by Gasteiger charge is 2.45. The van der Waals surface area contributed by atoms with Crippen LogP contribution in [-0.4, -0.2) is 37.9 Å². The van der Waals surface area contributed by atoms with Crippen LogP contribution in [0.3, 0.4) is 0 Å². The number of hydrogen-bond acceptors (Lipinski definition) is 4. The number of benzene rings is 1. The largest absolute Gasteiger partial charge is 0.496 e. The number of anilines is 1. The van der Waals surface area contributed by atoms with Crippen LogP contribution in [0.2, 0.25) is 0 Å². The van der Waals surface area contributed by atoms with E-state index in [1.54, 1.807) is 7.11 Å². The van der Waals surface area contributed by atoms with Gasteiger partial charge in [0.2, 0.25) is 5.91 Å². The molecule has 0 bridgehead atoms. The molecule has 5 heteroatoms. The molecule has 2 N–H and O–H groups in total. The van der Waals surface area contributed by atoms with Gasteiger partial charge in [-0.05, 0) is 37.1 Å². The van der Waals surface area contributed by atoms with Gasteiger partial charge in [0.15, 0.2) is 0 Å². The lowest BCUT2D eigenvalue weighted by molar-refractivity contribution is -0.164. The van der Waals surface area contributed by atoms with Gasteiger partial charge in [0.05, 0.1) is 26.9 Å². The summed E-state index contributed by atoms with van der Waals surface area (Å²) < 4.78 is 10.3. The average Bonchev–Trinajstić information content (AvgIpc) is 2.35. The molecule has 1 heterocycles. The lowest BCUT2D eigenvalue weighted by Crippen LogP contribution is -2.54. The molecule has 1 aliphatic heterocycles. The van der Waals surface area contributed by atoms with E-state index < -0.39 is 5.41 Å². The van der Waals surface area contributed by atoms with Gasteiger partial charge in [-0.25, -0.2) is 0 Å². The highest BCUT2D eigenvalue weighted by molar-refractivity contribution is 5.97. The van der Waals surface area contributed by atoms with Crippen molar-refractivity contribution in [2.75, 3.05) is 32.2 Å². The van der Waals surface area contributed by atoms with E-state index in [-0.39, 0.29) is 25.7 Å². The van der Waals surface area contributed by atoms with E-state index in [0.717, 1.165) is 22.6 Å². The Bertz CT molecular complexity index is 489. The van der Waals surface area contributed by atoms with E-state index >= 15 is 0 Å². The highest BCUT2D eigenvalue weighted by Crippen LogP contribution is 2.31. The van der Waals surface area contributed by atoms with Gasteiger partial charge in [-0.15, -0.1) is 0 Å². The van der Waals surface area contributed by atoms with Gasteiger partial charge in [0, 0.05) is 5.69 Å². The number of carbonyl (C=O) groups excluding carboxylic acids is 1. The molecule has 1 amide bonds. The Hall–Kier alpha value is -1.59. The SMILES string of the molecule is COc1ccc(NC(=O)C2(CO)COC2)c(C)c1C. The fourth-order valence-electron chi connectivity index (χ4n) is 2.05. The lowest BCUT2D eigenvalue weighted by atomic mass is 9.86. The maximum atomic E-state index is 12.2. The molecule has 0 saturated carbocycles. The molecular weight excluding hydrogens is 246 g/mol. The second kappa shape index (κ2) is 5.19. The van der Waals surface area contributed by atoms with Gasteiger partial charge in [-0.3, -0.25) is 4.79 Å². The van der Waals surface area contributed by atoms with Crippen molar-refractivity contribution in [3.05, 3.63) is 23.3 Å². The van der Waals surface area contributed by atoms with Crippen LogP contribution in [0.4, 0.5) is 5.69 Å². The highest BCUT2D eigenvalue weighted by atomic mass is 16.5. The Labute approximate surface area is 112 Å². The quantitative estimate of drug-likeness (QED) is 0.860. The topological polar surface area (TPSA) is 67.8 Å². The van der Waals surface area contributed by atoms with Crippen molar-refractivity contribution in [1.29, 1.82) is 0 Å². The van der Waals surface area contributed by atoms with Crippen LogP contribution in [0.15, 0.2) is 12.1 Å². The molecule has 0 unspecified atom stereocenters. The number of nitrogens with one attached hydrogen (secondary N) is 1. The van der Waals surface area contributed by atoms with E-state index in [1.165, 1.54) is 0 Å². The zero-order valence-electron chi connectivity index (χ0n) is 11.4. The lowest BCUT2D eigenvalue weighted by Gasteiger charge is -2.38. The molecule has 104 valence electrons. The van der Waals surface area contributed by atoms with E-state index in [2.05, 4.69) is 5.32 Å². The zero-order valence-corrected chi connectivity index (χ0v) is 11.4. The van der Waals surface area contributed by atoms with Crippen LogP contribution in [0.25, 0.3) is 0 Å². The van der Waals surface area contributed by atoms with Gasteiger partial charge in [-0.1, -0.05) is 0 Å². The minimum Gasteiger partial charge on any atom is -0.496 e. The Morgan fingerprint density at radius 3 is 2.58 bits per heavy atom. The number of aliphatic hydroxyl groups is 1. The molecule has 0 radical (unpaired) electrons. The number of carbonyl (C=O) groups is 1. The number of methoxy groups -OCH3 is 1. The Kier molecular flexibility index (Phi) is 3.78. The predicted molar refractivity (Wildman–Crippen MR) is 71.4 cm³/mol. The average molecular weight is 265 g/mol. The van der Waals surface area contributed by atoms with Gasteiger partial charge in [0.25, 0.3) is 0 Å². The second-order valence-electron chi connectivity index (χ2n) is 4.95. The summed E-state index contributed by atoms with van der Waals surface area (Å²) >= 11 is 0. The summed E-state index contributed by atoms with van der Waals surface area (Å²) in [4.78, 5) is 12.2. The smallest absolute Gasteiger partial charge is 0.237 e. The van der Waals surface area contributed by atoms with Crippen molar-refractivity contribution in [3.63, 3.8) is 0 Å². The number of aliphatic hydroxyl groups excluding tert-OH is 1. The first-order chi connectivity index (χ1) is 9.04. The van der Waals surface area contributed by atoms with Crippen molar-refractivity contribution < 1.29 is 19.4 Å². The maximum absolute atomic E-state index is 12.2. The molecule has 0 aromatic heterocycles. The molecule has 1 aromatic rings. The van der Waals surface area contributed by atoms with Crippen molar-refractivity contribution in [2.24, 2.45) is 5.41 Å². The summed E-state index contributed by atoms with van der Waals surface area (Å²) in [6, 6.07) is 3.63. The van der Waals surface area contributed by atoms with E-state index in [0.29, 0.717) is 0 Å². The Morgan fingerprint density at radius 1 is 1.42 bits per heavy atom. The summed E-state index contributed by atoms with van der Waals surface area (Å²) in [7, 11) is 1.62. The first-order valence-electron chi connectivity index (χ1n) is 6.18. The number of ether oxygens (including phenoxy) is 2. The fraction of sp³-hybridized carbons (Fsp3) is 0.500. The second-order valence-corrected chi connectivity index (χ2v) is 4.95. The van der Waals surface area contributed by atoms with Crippen LogP contribution in [-0.2, 0) is 9.53 Å². The summed E-state index contributed by atoms with van der Waals surface area (Å²) in [6.07, 6.45) is 0. The molecule has 1 fully saturated rings. The standard InChI is InChI=1S/C14H19NO4/c1-9-10(2)12(18-3)5-4-11(9)15-13(17)14(6-16)7-19-8-14/h4-5,16H,6-8H2,1-3H3,(H,15,17). The molecule has 1 saturated heterocycles. The van der Waals surface area contributed by atoms with Gasteiger partial charge < -0.3 is 19.9 Å². The summed E-state index contributed by atoms with van der Waals surface area (Å²) in [6.45, 7) is 4.20. The minimum absolute atomic E-state index is 0.200. The molecule has 0 aliphatic carbocycles. The minimum atomic E-state index is -0.791.